The molecule has 3 rings (SSSR count). The fourth-order valence-electron chi connectivity index (χ4n) is 4.02. The molecule has 0 aliphatic heterocycles. The first-order valence-electron chi connectivity index (χ1n) is 8.26. The quantitative estimate of drug-likeness (QED) is 0.908. The van der Waals surface area contributed by atoms with Crippen molar-refractivity contribution < 1.29 is 9.90 Å². The monoisotopic (exact) mass is 327 g/mol. The van der Waals surface area contributed by atoms with Crippen molar-refractivity contribution in [1.82, 2.24) is 10.2 Å². The molecule has 0 spiro atoms. The summed E-state index contributed by atoms with van der Waals surface area (Å²) in [6.45, 7) is 5.29. The zero-order valence-electron chi connectivity index (χ0n) is 14.9. The van der Waals surface area contributed by atoms with E-state index < -0.39 is 11.5 Å². The van der Waals surface area contributed by atoms with Crippen molar-refractivity contribution in [3.63, 3.8) is 0 Å². The second kappa shape index (κ2) is 5.74. The normalized spacial score (nSPS) is 26.1. The number of aromatic nitrogens is 2. The molecule has 1 aromatic heterocycles. The van der Waals surface area contributed by atoms with Crippen LogP contribution in [0.4, 0.5) is 5.69 Å². The first-order valence-corrected chi connectivity index (χ1v) is 8.26. The highest BCUT2D eigenvalue weighted by Crippen LogP contribution is 2.46. The van der Waals surface area contributed by atoms with Crippen molar-refractivity contribution in [1.29, 1.82) is 0 Å². The fraction of sp³-hybridized carbons (Fsp3) is 0.474. The van der Waals surface area contributed by atoms with Gasteiger partial charge in [0.05, 0.1) is 17.2 Å². The van der Waals surface area contributed by atoms with E-state index in [1.807, 2.05) is 50.2 Å². The van der Waals surface area contributed by atoms with E-state index in [2.05, 4.69) is 10.2 Å². The highest BCUT2D eigenvalue weighted by atomic mass is 16.3. The van der Waals surface area contributed by atoms with Gasteiger partial charge in [-0.1, -0.05) is 12.1 Å². The number of rotatable bonds is 3. The molecule has 0 fully saturated rings. The van der Waals surface area contributed by atoms with Crippen LogP contribution in [-0.4, -0.2) is 40.8 Å². The van der Waals surface area contributed by atoms with Gasteiger partial charge in [-0.25, -0.2) is 0 Å². The molecule has 0 unspecified atom stereocenters. The molecule has 0 bridgehead atoms. The predicted octanol–water partition coefficient (Wildman–Crippen LogP) is 2.43. The highest BCUT2D eigenvalue weighted by molar-refractivity contribution is 5.82. The summed E-state index contributed by atoms with van der Waals surface area (Å²) < 4.78 is 0. The van der Waals surface area contributed by atoms with Crippen LogP contribution in [0.3, 0.4) is 0 Å². The molecule has 1 heterocycles. The molecular formula is C19H25N3O2. The van der Waals surface area contributed by atoms with Crippen LogP contribution in [0, 0.1) is 12.8 Å². The lowest BCUT2D eigenvalue weighted by Crippen LogP contribution is -2.48. The number of hydrogen-bond donors (Lipinski definition) is 2. The van der Waals surface area contributed by atoms with Crippen molar-refractivity contribution >= 4 is 11.5 Å². The summed E-state index contributed by atoms with van der Waals surface area (Å²) in [4.78, 5) is 14.5. The fourth-order valence-corrected chi connectivity index (χ4v) is 4.02. The summed E-state index contributed by atoms with van der Waals surface area (Å²) in [7, 11) is 3.99. The molecule has 1 aliphatic rings. The highest BCUT2D eigenvalue weighted by Gasteiger charge is 2.48. The molecule has 5 heteroatoms. The van der Waals surface area contributed by atoms with Crippen LogP contribution >= 0.6 is 0 Å². The lowest BCUT2D eigenvalue weighted by atomic mass is 9.64. The van der Waals surface area contributed by atoms with Crippen LogP contribution in [-0.2, 0) is 11.2 Å². The van der Waals surface area contributed by atoms with Gasteiger partial charge >= 0.3 is 0 Å². The van der Waals surface area contributed by atoms with Gasteiger partial charge in [0.1, 0.15) is 5.78 Å². The van der Waals surface area contributed by atoms with Crippen molar-refractivity contribution in [3.05, 3.63) is 46.8 Å². The Morgan fingerprint density at radius 1 is 1.33 bits per heavy atom. The second-order valence-electron chi connectivity index (χ2n) is 7.29. The van der Waals surface area contributed by atoms with Gasteiger partial charge in [0.2, 0.25) is 0 Å². The van der Waals surface area contributed by atoms with Gasteiger partial charge in [-0.3, -0.25) is 9.89 Å². The summed E-state index contributed by atoms with van der Waals surface area (Å²) in [6, 6.07) is 8.19. The van der Waals surface area contributed by atoms with E-state index in [0.29, 0.717) is 6.42 Å². The topological polar surface area (TPSA) is 69.2 Å². The van der Waals surface area contributed by atoms with E-state index in [4.69, 9.17) is 0 Å². The molecule has 3 atom stereocenters. The van der Waals surface area contributed by atoms with E-state index in [9.17, 15) is 9.90 Å². The van der Waals surface area contributed by atoms with Crippen LogP contribution in [0.5, 0.6) is 0 Å². The number of anilines is 1. The SMILES string of the molecule is CC(=O)[C@@H]1[C@H](c2ccc(N(C)C)cc2)c2c(n[nH]c2C)C[C@@]1(C)O. The minimum absolute atomic E-state index is 0.00735. The molecule has 0 amide bonds. The zero-order valence-corrected chi connectivity index (χ0v) is 14.9. The second-order valence-corrected chi connectivity index (χ2v) is 7.29. The molecule has 1 aliphatic carbocycles. The number of Topliss-reactive ketones (excluding diaryl/α,β-unsaturated/α-hetero) is 1. The maximum absolute atomic E-state index is 12.4. The van der Waals surface area contributed by atoms with Gasteiger partial charge in [0.15, 0.2) is 0 Å². The van der Waals surface area contributed by atoms with E-state index in [1.165, 1.54) is 0 Å². The van der Waals surface area contributed by atoms with Gasteiger partial charge in [-0.2, -0.15) is 5.10 Å². The lowest BCUT2D eigenvalue weighted by molar-refractivity contribution is -0.130. The molecule has 2 aromatic rings. The predicted molar refractivity (Wildman–Crippen MR) is 94.4 cm³/mol. The summed E-state index contributed by atoms with van der Waals surface area (Å²) in [6.07, 6.45) is 0.392. The summed E-state index contributed by atoms with van der Waals surface area (Å²) in [5, 5.41) is 18.3. The molecule has 24 heavy (non-hydrogen) atoms. The van der Waals surface area contributed by atoms with Crippen LogP contribution in [0.15, 0.2) is 24.3 Å². The number of aliphatic hydroxyl groups is 1. The van der Waals surface area contributed by atoms with Crippen LogP contribution < -0.4 is 4.90 Å². The Kier molecular flexibility index (Phi) is 4.00. The third kappa shape index (κ3) is 2.63. The van der Waals surface area contributed by atoms with E-state index in [1.54, 1.807) is 13.8 Å². The number of hydrogen-bond acceptors (Lipinski definition) is 4. The van der Waals surface area contributed by atoms with Crippen LogP contribution in [0.25, 0.3) is 0 Å². The molecule has 0 saturated carbocycles. The first kappa shape index (κ1) is 16.7. The summed E-state index contributed by atoms with van der Waals surface area (Å²) in [5.74, 6) is -0.657. The first-order chi connectivity index (χ1) is 11.2. The third-order valence-electron chi connectivity index (χ3n) is 5.12. The van der Waals surface area contributed by atoms with Gasteiger partial charge in [0, 0.05) is 43.4 Å². The molecule has 128 valence electrons. The Hall–Kier alpha value is -2.14. The number of H-pyrrole nitrogens is 1. The number of carbonyl (C=O) groups excluding carboxylic acids is 1. The van der Waals surface area contributed by atoms with Crippen LogP contribution in [0.2, 0.25) is 0 Å². The van der Waals surface area contributed by atoms with Crippen LogP contribution in [0.1, 0.15) is 42.3 Å². The number of ketones is 1. The van der Waals surface area contributed by atoms with Crippen molar-refractivity contribution in [2.24, 2.45) is 5.92 Å². The molecule has 0 saturated heterocycles. The Balaban J connectivity index is 2.17. The molecular weight excluding hydrogens is 302 g/mol. The number of aryl methyl sites for hydroxylation is 1. The van der Waals surface area contributed by atoms with Crippen molar-refractivity contribution in [2.75, 3.05) is 19.0 Å². The van der Waals surface area contributed by atoms with E-state index in [-0.39, 0.29) is 11.7 Å². The van der Waals surface area contributed by atoms with Gasteiger partial charge in [-0.05, 0) is 38.5 Å². The lowest BCUT2D eigenvalue weighted by Gasteiger charge is -2.41. The van der Waals surface area contributed by atoms with Crippen molar-refractivity contribution in [3.8, 4) is 0 Å². The summed E-state index contributed by atoms with van der Waals surface area (Å²) in [5.41, 5.74) is 3.91. The Bertz CT molecular complexity index is 759. The minimum Gasteiger partial charge on any atom is -0.389 e. The smallest absolute Gasteiger partial charge is 0.136 e. The number of nitrogens with one attached hydrogen (secondary N) is 1. The van der Waals surface area contributed by atoms with Gasteiger partial charge in [-0.15, -0.1) is 0 Å². The molecule has 5 nitrogen and oxygen atoms in total. The number of benzene rings is 1. The van der Waals surface area contributed by atoms with Gasteiger partial charge < -0.3 is 10.0 Å². The Labute approximate surface area is 142 Å². The molecule has 0 radical (unpaired) electrons. The molecule has 2 N–H and O–H groups in total. The minimum atomic E-state index is -1.11. The Morgan fingerprint density at radius 2 is 1.96 bits per heavy atom. The van der Waals surface area contributed by atoms with E-state index >= 15 is 0 Å². The van der Waals surface area contributed by atoms with Crippen molar-refractivity contribution in [2.45, 2.75) is 38.7 Å². The number of fused-ring (bicyclic) bond motifs is 1. The van der Waals surface area contributed by atoms with Gasteiger partial charge in [0.25, 0.3) is 0 Å². The zero-order chi connectivity index (χ0) is 17.6. The number of nitrogens with zero attached hydrogens (tertiary/aromatic N) is 2. The Morgan fingerprint density at radius 3 is 2.50 bits per heavy atom. The molecule has 1 aromatic carbocycles. The average molecular weight is 327 g/mol. The third-order valence-corrected chi connectivity index (χ3v) is 5.12. The maximum atomic E-state index is 12.4. The van der Waals surface area contributed by atoms with E-state index in [0.717, 1.165) is 28.2 Å². The average Bonchev–Trinajstić information content (AvgIpc) is 2.85. The number of aromatic amines is 1. The maximum Gasteiger partial charge on any atom is 0.136 e. The standard InChI is InChI=1S/C19H25N3O2/c1-11-16-15(21-20-11)10-19(3,24)18(12(2)23)17(16)13-6-8-14(9-7-13)22(4)5/h6-9,17-18,24H,10H2,1-5H3,(H,20,21)/t17-,18-,19-/m1/s1. The summed E-state index contributed by atoms with van der Waals surface area (Å²) >= 11 is 0. The number of carbonyl (C=O) groups is 1. The largest absolute Gasteiger partial charge is 0.389 e.